The molecule has 6 heteroatoms. The first-order valence-electron chi connectivity index (χ1n) is 7.01. The zero-order valence-corrected chi connectivity index (χ0v) is 11.7. The van der Waals surface area contributed by atoms with Crippen LogP contribution in [0.4, 0.5) is 0 Å². The van der Waals surface area contributed by atoms with Crippen molar-refractivity contribution in [2.75, 3.05) is 6.61 Å². The third kappa shape index (κ3) is 2.61. The molecule has 0 saturated carbocycles. The van der Waals surface area contributed by atoms with Crippen molar-refractivity contribution in [2.24, 2.45) is 0 Å². The van der Waals surface area contributed by atoms with Gasteiger partial charge in [-0.1, -0.05) is 18.2 Å². The molecular weight excluding hydrogens is 272 g/mol. The first-order chi connectivity index (χ1) is 10.2. The van der Waals surface area contributed by atoms with Crippen LogP contribution in [-0.4, -0.2) is 34.4 Å². The van der Waals surface area contributed by atoms with Gasteiger partial charge >= 0.3 is 11.9 Å². The second-order valence-electron chi connectivity index (χ2n) is 4.92. The Balaban J connectivity index is 1.95. The topological polar surface area (TPSA) is 70.4 Å². The van der Waals surface area contributed by atoms with Crippen LogP contribution in [0.5, 0.6) is 0 Å². The summed E-state index contributed by atoms with van der Waals surface area (Å²) in [5.74, 6) is -0.613. The fraction of sp³-hybridized carbons (Fsp3) is 0.400. The normalized spacial score (nSPS) is 18.0. The highest BCUT2D eigenvalue weighted by atomic mass is 16.6. The van der Waals surface area contributed by atoms with Crippen LogP contribution in [0.15, 0.2) is 24.3 Å². The monoisotopic (exact) mass is 288 g/mol. The molecule has 1 aromatic heterocycles. The van der Waals surface area contributed by atoms with Gasteiger partial charge in [0.2, 0.25) is 0 Å². The molecule has 110 valence electrons. The number of ether oxygens (including phenoxy) is 2. The third-order valence-corrected chi connectivity index (χ3v) is 3.47. The van der Waals surface area contributed by atoms with Crippen LogP contribution in [0, 0.1) is 0 Å². The van der Waals surface area contributed by atoms with Gasteiger partial charge in [0.05, 0.1) is 18.7 Å². The lowest BCUT2D eigenvalue weighted by atomic mass is 10.2. The summed E-state index contributed by atoms with van der Waals surface area (Å²) in [6.45, 7) is 2.51. The molecule has 0 bridgehead atoms. The van der Waals surface area contributed by atoms with Gasteiger partial charge < -0.3 is 9.47 Å². The van der Waals surface area contributed by atoms with E-state index in [0.717, 1.165) is 10.9 Å². The van der Waals surface area contributed by atoms with Gasteiger partial charge in [-0.05, 0) is 19.4 Å². The average molecular weight is 288 g/mol. The molecule has 1 aliphatic heterocycles. The number of nitrogens with zero attached hydrogens (tertiary/aromatic N) is 2. The van der Waals surface area contributed by atoms with Crippen LogP contribution in [-0.2, 0) is 20.8 Å². The van der Waals surface area contributed by atoms with Crippen molar-refractivity contribution in [3.8, 4) is 0 Å². The molecular formula is C15H16N2O4. The molecule has 6 nitrogen and oxygen atoms in total. The fourth-order valence-corrected chi connectivity index (χ4v) is 2.52. The Morgan fingerprint density at radius 3 is 3.00 bits per heavy atom. The summed E-state index contributed by atoms with van der Waals surface area (Å²) >= 11 is 0. The summed E-state index contributed by atoms with van der Waals surface area (Å²) in [5.41, 5.74) is 1.14. The van der Waals surface area contributed by atoms with Crippen molar-refractivity contribution in [3.63, 3.8) is 0 Å². The highest BCUT2D eigenvalue weighted by Gasteiger charge is 2.26. The largest absolute Gasteiger partial charge is 0.461 e. The molecule has 1 aliphatic rings. The molecule has 1 saturated heterocycles. The van der Waals surface area contributed by atoms with Crippen LogP contribution in [0.1, 0.15) is 30.3 Å². The third-order valence-electron chi connectivity index (χ3n) is 3.47. The van der Waals surface area contributed by atoms with Gasteiger partial charge in [0.15, 0.2) is 5.69 Å². The van der Waals surface area contributed by atoms with E-state index in [9.17, 15) is 9.59 Å². The van der Waals surface area contributed by atoms with Gasteiger partial charge in [-0.2, -0.15) is 5.10 Å². The Labute approximate surface area is 121 Å². The highest BCUT2D eigenvalue weighted by molar-refractivity contribution is 6.02. The number of hydrogen-bond donors (Lipinski definition) is 0. The molecule has 0 aliphatic carbocycles. The number of rotatable bonds is 4. The van der Waals surface area contributed by atoms with Crippen molar-refractivity contribution >= 4 is 22.8 Å². The van der Waals surface area contributed by atoms with Gasteiger partial charge in [-0.15, -0.1) is 0 Å². The number of carbonyl (C=O) groups is 2. The minimum Gasteiger partial charge on any atom is -0.461 e. The summed E-state index contributed by atoms with van der Waals surface area (Å²) in [6.07, 6.45) is 0.937. The molecule has 2 heterocycles. The van der Waals surface area contributed by atoms with Crippen LogP contribution in [0.25, 0.3) is 10.9 Å². The van der Waals surface area contributed by atoms with Gasteiger partial charge in [-0.3, -0.25) is 9.48 Å². The van der Waals surface area contributed by atoms with Crippen molar-refractivity contribution in [1.29, 1.82) is 0 Å². The van der Waals surface area contributed by atoms with Crippen LogP contribution in [0.3, 0.4) is 0 Å². The van der Waals surface area contributed by atoms with E-state index in [1.807, 2.05) is 24.3 Å². The number of carbonyl (C=O) groups excluding carboxylic acids is 2. The molecule has 0 amide bonds. The van der Waals surface area contributed by atoms with Gasteiger partial charge in [0, 0.05) is 11.8 Å². The van der Waals surface area contributed by atoms with Crippen LogP contribution in [0.2, 0.25) is 0 Å². The number of cyclic esters (lactones) is 1. The summed E-state index contributed by atoms with van der Waals surface area (Å²) in [4.78, 5) is 23.2. The molecule has 0 spiro atoms. The molecule has 2 aromatic rings. The maximum Gasteiger partial charge on any atom is 0.359 e. The molecule has 3 rings (SSSR count). The summed E-state index contributed by atoms with van der Waals surface area (Å²) < 4.78 is 12.0. The van der Waals surface area contributed by atoms with E-state index in [4.69, 9.17) is 9.47 Å². The van der Waals surface area contributed by atoms with E-state index < -0.39 is 5.97 Å². The van der Waals surface area contributed by atoms with Crippen molar-refractivity contribution in [2.45, 2.75) is 32.4 Å². The van der Waals surface area contributed by atoms with Crippen molar-refractivity contribution in [3.05, 3.63) is 30.0 Å². The summed E-state index contributed by atoms with van der Waals surface area (Å²) in [7, 11) is 0. The van der Waals surface area contributed by atoms with Crippen molar-refractivity contribution < 1.29 is 19.1 Å². The van der Waals surface area contributed by atoms with E-state index in [1.165, 1.54) is 0 Å². The lowest BCUT2D eigenvalue weighted by Gasteiger charge is -2.09. The maximum atomic E-state index is 12.0. The predicted octanol–water partition coefficient (Wildman–Crippen LogP) is 1.92. The fourth-order valence-electron chi connectivity index (χ4n) is 2.52. The molecule has 1 unspecified atom stereocenters. The average Bonchev–Trinajstić information content (AvgIpc) is 3.04. The van der Waals surface area contributed by atoms with Crippen molar-refractivity contribution in [1.82, 2.24) is 9.78 Å². The first-order valence-corrected chi connectivity index (χ1v) is 7.01. The Morgan fingerprint density at radius 2 is 2.29 bits per heavy atom. The maximum absolute atomic E-state index is 12.0. The van der Waals surface area contributed by atoms with Gasteiger partial charge in [0.1, 0.15) is 6.10 Å². The molecule has 21 heavy (non-hydrogen) atoms. The highest BCUT2D eigenvalue weighted by Crippen LogP contribution is 2.22. The van der Waals surface area contributed by atoms with E-state index in [-0.39, 0.29) is 12.1 Å². The lowest BCUT2D eigenvalue weighted by molar-refractivity contribution is -0.141. The number of esters is 2. The number of fused-ring (bicyclic) bond motifs is 1. The Morgan fingerprint density at radius 1 is 1.48 bits per heavy atom. The van der Waals surface area contributed by atoms with Crippen LogP contribution >= 0.6 is 0 Å². The zero-order valence-electron chi connectivity index (χ0n) is 11.7. The number of aromatic nitrogens is 2. The van der Waals surface area contributed by atoms with Gasteiger partial charge in [-0.25, -0.2) is 4.79 Å². The van der Waals surface area contributed by atoms with E-state index in [0.29, 0.717) is 31.7 Å². The van der Waals surface area contributed by atoms with E-state index in [1.54, 1.807) is 11.6 Å². The van der Waals surface area contributed by atoms with Crippen LogP contribution < -0.4 is 0 Å². The smallest absolute Gasteiger partial charge is 0.359 e. The van der Waals surface area contributed by atoms with E-state index >= 15 is 0 Å². The second-order valence-corrected chi connectivity index (χ2v) is 4.92. The number of para-hydroxylation sites is 1. The number of hydrogen-bond acceptors (Lipinski definition) is 5. The molecule has 0 radical (unpaired) electrons. The minimum atomic E-state index is -0.434. The Hall–Kier alpha value is -2.37. The zero-order chi connectivity index (χ0) is 14.8. The standard InChI is InChI=1S/C15H16N2O4/c1-2-20-15(19)14-11-5-3-4-6-12(11)17(16-14)9-10-7-8-13(18)21-10/h3-6,10H,2,7-9H2,1H3. The summed E-state index contributed by atoms with van der Waals surface area (Å²) in [5, 5.41) is 5.10. The summed E-state index contributed by atoms with van der Waals surface area (Å²) in [6, 6.07) is 7.47. The molecule has 1 aromatic carbocycles. The SMILES string of the molecule is CCOC(=O)c1nn(CC2CCC(=O)O2)c2ccccc12. The Bertz CT molecular complexity index is 692. The first kappa shape index (κ1) is 13.6. The second kappa shape index (κ2) is 5.55. The lowest BCUT2D eigenvalue weighted by Crippen LogP contribution is -2.17. The van der Waals surface area contributed by atoms with E-state index in [2.05, 4.69) is 5.10 Å². The number of benzene rings is 1. The molecule has 0 N–H and O–H groups in total. The predicted molar refractivity (Wildman–Crippen MR) is 74.8 cm³/mol. The minimum absolute atomic E-state index is 0.179. The Kier molecular flexibility index (Phi) is 3.60. The van der Waals surface area contributed by atoms with Gasteiger partial charge in [0.25, 0.3) is 0 Å². The molecule has 1 fully saturated rings. The molecule has 1 atom stereocenters. The quantitative estimate of drug-likeness (QED) is 0.804.